The van der Waals surface area contributed by atoms with Crippen LogP contribution < -0.4 is 16.4 Å². The molecular formula is C16H17N3O2. The molecule has 5 heteroatoms. The van der Waals surface area contributed by atoms with E-state index in [9.17, 15) is 9.59 Å². The highest BCUT2D eigenvalue weighted by Crippen LogP contribution is 2.34. The Hall–Kier alpha value is -2.40. The quantitative estimate of drug-likeness (QED) is 0.781. The molecule has 3 rings (SSSR count). The maximum atomic E-state index is 11.9. The van der Waals surface area contributed by atoms with E-state index in [1.807, 2.05) is 18.2 Å². The second kappa shape index (κ2) is 5.54. The van der Waals surface area contributed by atoms with Crippen LogP contribution >= 0.6 is 0 Å². The lowest BCUT2D eigenvalue weighted by Gasteiger charge is -2.11. The van der Waals surface area contributed by atoms with Crippen molar-refractivity contribution in [3.05, 3.63) is 41.5 Å². The number of nitrogens with one attached hydrogen (secondary N) is 2. The van der Waals surface area contributed by atoms with Gasteiger partial charge in [0.2, 0.25) is 11.8 Å². The molecule has 0 aliphatic heterocycles. The van der Waals surface area contributed by atoms with Crippen molar-refractivity contribution in [3.63, 3.8) is 0 Å². The lowest BCUT2D eigenvalue weighted by Crippen LogP contribution is -2.36. The van der Waals surface area contributed by atoms with Crippen molar-refractivity contribution in [2.75, 3.05) is 18.4 Å². The van der Waals surface area contributed by atoms with Gasteiger partial charge in [-0.2, -0.15) is 0 Å². The molecule has 0 spiro atoms. The van der Waals surface area contributed by atoms with Crippen LogP contribution in [0.3, 0.4) is 0 Å². The molecule has 0 bridgehead atoms. The zero-order valence-electron chi connectivity index (χ0n) is 11.6. The first-order valence-corrected chi connectivity index (χ1v) is 6.99. The Morgan fingerprint density at radius 2 is 1.81 bits per heavy atom. The number of nitrogens with two attached hydrogens (primary N) is 1. The summed E-state index contributed by atoms with van der Waals surface area (Å²) in [6, 6.07) is 10.1. The monoisotopic (exact) mass is 283 g/mol. The van der Waals surface area contributed by atoms with E-state index in [-0.39, 0.29) is 24.9 Å². The third-order valence-corrected chi connectivity index (χ3v) is 3.78. The van der Waals surface area contributed by atoms with Gasteiger partial charge in [-0.05, 0) is 35.4 Å². The molecule has 0 radical (unpaired) electrons. The van der Waals surface area contributed by atoms with Crippen molar-refractivity contribution in [1.29, 1.82) is 0 Å². The van der Waals surface area contributed by atoms with Gasteiger partial charge in [0.15, 0.2) is 0 Å². The van der Waals surface area contributed by atoms with Gasteiger partial charge in [0.25, 0.3) is 0 Å². The average molecular weight is 283 g/mol. The van der Waals surface area contributed by atoms with Gasteiger partial charge in [0.05, 0.1) is 13.1 Å². The second-order valence-corrected chi connectivity index (χ2v) is 5.14. The fourth-order valence-electron chi connectivity index (χ4n) is 2.80. The predicted octanol–water partition coefficient (Wildman–Crippen LogP) is 0.952. The Kier molecular flexibility index (Phi) is 3.58. The summed E-state index contributed by atoms with van der Waals surface area (Å²) in [5.74, 6) is -0.596. The van der Waals surface area contributed by atoms with E-state index in [1.165, 1.54) is 16.5 Å². The molecule has 5 nitrogen and oxygen atoms in total. The van der Waals surface area contributed by atoms with Gasteiger partial charge in [0.1, 0.15) is 0 Å². The van der Waals surface area contributed by atoms with Crippen LogP contribution in [0.5, 0.6) is 0 Å². The van der Waals surface area contributed by atoms with E-state index < -0.39 is 0 Å². The predicted molar refractivity (Wildman–Crippen MR) is 82.0 cm³/mol. The number of amides is 2. The van der Waals surface area contributed by atoms with Crippen LogP contribution in [0.1, 0.15) is 11.1 Å². The van der Waals surface area contributed by atoms with Gasteiger partial charge in [-0.1, -0.05) is 24.3 Å². The van der Waals surface area contributed by atoms with Crippen LogP contribution in [0.4, 0.5) is 5.69 Å². The maximum absolute atomic E-state index is 11.9. The minimum Gasteiger partial charge on any atom is -0.346 e. The van der Waals surface area contributed by atoms with Crippen LogP contribution in [-0.2, 0) is 22.4 Å². The number of benzene rings is 2. The zero-order valence-corrected chi connectivity index (χ0v) is 11.6. The third-order valence-electron chi connectivity index (χ3n) is 3.78. The van der Waals surface area contributed by atoms with Crippen molar-refractivity contribution in [3.8, 4) is 0 Å². The minimum atomic E-state index is -0.342. The van der Waals surface area contributed by atoms with E-state index >= 15 is 0 Å². The fraction of sp³-hybridized carbons (Fsp3) is 0.250. The highest BCUT2D eigenvalue weighted by molar-refractivity contribution is 6.05. The summed E-state index contributed by atoms with van der Waals surface area (Å²) in [4.78, 5) is 23.0. The van der Waals surface area contributed by atoms with Crippen molar-refractivity contribution in [1.82, 2.24) is 5.32 Å². The summed E-state index contributed by atoms with van der Waals surface area (Å²) in [6.07, 6.45) is 2.10. The van der Waals surface area contributed by atoms with E-state index in [0.717, 1.165) is 23.9 Å². The summed E-state index contributed by atoms with van der Waals surface area (Å²) >= 11 is 0. The molecule has 4 N–H and O–H groups in total. The van der Waals surface area contributed by atoms with Gasteiger partial charge >= 0.3 is 0 Å². The molecule has 1 aliphatic rings. The summed E-state index contributed by atoms with van der Waals surface area (Å²) in [5.41, 5.74) is 8.62. The Bertz CT molecular complexity index is 715. The molecule has 0 saturated heterocycles. The van der Waals surface area contributed by atoms with Crippen molar-refractivity contribution in [2.24, 2.45) is 5.73 Å². The summed E-state index contributed by atoms with van der Waals surface area (Å²) in [5, 5.41) is 7.62. The van der Waals surface area contributed by atoms with Crippen LogP contribution in [0, 0.1) is 0 Å². The molecule has 0 atom stereocenters. The molecule has 2 aromatic rings. The SMILES string of the molecule is NCC(=O)NCC(=O)Nc1ccc2c3c(cccc13)CC2. The molecule has 2 aromatic carbocycles. The van der Waals surface area contributed by atoms with Gasteiger partial charge in [-0.15, -0.1) is 0 Å². The Balaban J connectivity index is 1.82. The number of rotatable bonds is 4. The lowest BCUT2D eigenvalue weighted by atomic mass is 10.0. The Morgan fingerprint density at radius 1 is 1.05 bits per heavy atom. The molecule has 21 heavy (non-hydrogen) atoms. The molecule has 0 fully saturated rings. The van der Waals surface area contributed by atoms with E-state index in [0.29, 0.717) is 0 Å². The van der Waals surface area contributed by atoms with Gasteiger partial charge in [-0.25, -0.2) is 0 Å². The average Bonchev–Trinajstić information content (AvgIpc) is 2.92. The topological polar surface area (TPSA) is 84.2 Å². The van der Waals surface area contributed by atoms with E-state index in [2.05, 4.69) is 22.8 Å². The number of aryl methyl sites for hydroxylation is 2. The fourth-order valence-corrected chi connectivity index (χ4v) is 2.80. The first kappa shape index (κ1) is 13.6. The number of carbonyl (C=O) groups excluding carboxylic acids is 2. The highest BCUT2D eigenvalue weighted by Gasteiger charge is 2.16. The Labute approximate surface area is 122 Å². The largest absolute Gasteiger partial charge is 0.346 e. The van der Waals surface area contributed by atoms with E-state index in [1.54, 1.807) is 0 Å². The molecule has 0 saturated carbocycles. The van der Waals surface area contributed by atoms with Crippen molar-refractivity contribution >= 4 is 28.3 Å². The highest BCUT2D eigenvalue weighted by atomic mass is 16.2. The van der Waals surface area contributed by atoms with Crippen molar-refractivity contribution < 1.29 is 9.59 Å². The molecule has 2 amide bonds. The minimum absolute atomic E-state index is 0.0705. The van der Waals surface area contributed by atoms with Crippen LogP contribution in [-0.4, -0.2) is 24.9 Å². The second-order valence-electron chi connectivity index (χ2n) is 5.14. The standard InChI is InChI=1S/C16H17N3O2/c17-8-14(20)18-9-15(21)19-13-7-6-11-5-4-10-2-1-3-12(13)16(10)11/h1-3,6-7H,4-5,8-9,17H2,(H,18,20)(H,19,21). The zero-order chi connectivity index (χ0) is 14.8. The van der Waals surface area contributed by atoms with Crippen LogP contribution in [0.2, 0.25) is 0 Å². The van der Waals surface area contributed by atoms with Gasteiger partial charge in [-0.3, -0.25) is 9.59 Å². The normalized spacial score (nSPS) is 12.4. The molecule has 0 aromatic heterocycles. The molecule has 1 aliphatic carbocycles. The maximum Gasteiger partial charge on any atom is 0.243 e. The third kappa shape index (κ3) is 2.60. The molecule has 0 heterocycles. The van der Waals surface area contributed by atoms with Crippen molar-refractivity contribution in [2.45, 2.75) is 12.8 Å². The number of carbonyl (C=O) groups is 2. The molecule has 0 unspecified atom stereocenters. The van der Waals surface area contributed by atoms with Gasteiger partial charge in [0, 0.05) is 11.1 Å². The first-order valence-electron chi connectivity index (χ1n) is 6.99. The number of anilines is 1. The summed E-state index contributed by atoms with van der Waals surface area (Å²) in [7, 11) is 0. The number of hydrogen-bond donors (Lipinski definition) is 3. The smallest absolute Gasteiger partial charge is 0.243 e. The number of hydrogen-bond acceptors (Lipinski definition) is 3. The van der Waals surface area contributed by atoms with Crippen LogP contribution in [0.25, 0.3) is 10.8 Å². The van der Waals surface area contributed by atoms with Crippen LogP contribution in [0.15, 0.2) is 30.3 Å². The van der Waals surface area contributed by atoms with E-state index in [4.69, 9.17) is 5.73 Å². The first-order chi connectivity index (χ1) is 10.2. The molecular weight excluding hydrogens is 266 g/mol. The molecule has 108 valence electrons. The lowest BCUT2D eigenvalue weighted by molar-refractivity contribution is -0.123. The summed E-state index contributed by atoms with van der Waals surface area (Å²) < 4.78 is 0. The Morgan fingerprint density at radius 3 is 2.57 bits per heavy atom. The van der Waals surface area contributed by atoms with Gasteiger partial charge < -0.3 is 16.4 Å². The summed E-state index contributed by atoms with van der Waals surface area (Å²) in [6.45, 7) is -0.187.